The molecule has 2 aromatic heterocycles. The number of amides is 1. The van der Waals surface area contributed by atoms with Crippen LogP contribution in [0, 0.1) is 5.82 Å². The highest BCUT2D eigenvalue weighted by molar-refractivity contribution is 6.30. The number of aromatic nitrogens is 2. The minimum Gasteiger partial charge on any atom is -0.444 e. The fraction of sp³-hybridized carbons (Fsp3) is 0.333. The van der Waals surface area contributed by atoms with Crippen molar-refractivity contribution in [3.63, 3.8) is 0 Å². The van der Waals surface area contributed by atoms with E-state index >= 15 is 0 Å². The molecule has 0 aliphatic rings. The van der Waals surface area contributed by atoms with Gasteiger partial charge >= 0.3 is 12.1 Å². The maximum Gasteiger partial charge on any atom is 0.412 e. The third-order valence-electron chi connectivity index (χ3n) is 4.89. The molecule has 37 heavy (non-hydrogen) atoms. The Morgan fingerprint density at radius 3 is 2.43 bits per heavy atom. The molecule has 0 fully saturated rings. The zero-order valence-corrected chi connectivity index (χ0v) is 21.9. The number of carbonyl (C=O) groups is 2. The van der Waals surface area contributed by atoms with Crippen molar-refractivity contribution in [2.45, 2.75) is 59.0 Å². The molecular weight excluding hydrogens is 501 g/mol. The molecule has 0 saturated carbocycles. The van der Waals surface area contributed by atoms with E-state index in [0.29, 0.717) is 23.3 Å². The van der Waals surface area contributed by atoms with Crippen LogP contribution in [0.25, 0.3) is 11.1 Å². The number of rotatable bonds is 9. The maximum absolute atomic E-state index is 14.0. The van der Waals surface area contributed by atoms with E-state index < -0.39 is 23.5 Å². The van der Waals surface area contributed by atoms with Crippen LogP contribution in [-0.2, 0) is 9.53 Å². The Bertz CT molecular complexity index is 1250. The Labute approximate surface area is 220 Å². The number of nitrogens with one attached hydrogen (secondary N) is 1. The first kappa shape index (κ1) is 27.9. The molecule has 1 N–H and O–H groups in total. The van der Waals surface area contributed by atoms with E-state index in [-0.39, 0.29) is 28.9 Å². The van der Waals surface area contributed by atoms with Crippen LogP contribution in [-0.4, -0.2) is 27.6 Å². The number of nitrogens with zero attached hydrogens (tertiary/aromatic N) is 2. The number of pyridine rings is 2. The predicted octanol–water partition coefficient (Wildman–Crippen LogP) is 7.56. The van der Waals surface area contributed by atoms with Crippen molar-refractivity contribution in [2.24, 2.45) is 0 Å². The first-order valence-electron chi connectivity index (χ1n) is 11.8. The van der Waals surface area contributed by atoms with Gasteiger partial charge in [0.05, 0.1) is 5.02 Å². The molecule has 0 radical (unpaired) electrons. The first-order chi connectivity index (χ1) is 17.6. The van der Waals surface area contributed by atoms with Crippen LogP contribution in [0.5, 0.6) is 17.5 Å². The normalized spacial score (nSPS) is 11.1. The number of esters is 1. The average Bonchev–Trinajstić information content (AvgIpc) is 2.81. The van der Waals surface area contributed by atoms with E-state index in [0.717, 1.165) is 18.9 Å². The van der Waals surface area contributed by atoms with Gasteiger partial charge in [0.2, 0.25) is 5.88 Å². The molecule has 0 bridgehead atoms. The van der Waals surface area contributed by atoms with Gasteiger partial charge in [-0.05, 0) is 57.0 Å². The van der Waals surface area contributed by atoms with Crippen LogP contribution in [0.2, 0.25) is 5.02 Å². The van der Waals surface area contributed by atoms with E-state index in [2.05, 4.69) is 15.3 Å². The van der Waals surface area contributed by atoms with Gasteiger partial charge in [-0.1, -0.05) is 43.5 Å². The number of benzene rings is 1. The molecule has 3 rings (SSSR count). The molecule has 1 amide bonds. The number of halogens is 2. The van der Waals surface area contributed by atoms with Gasteiger partial charge in [-0.25, -0.2) is 19.2 Å². The smallest absolute Gasteiger partial charge is 0.412 e. The highest BCUT2D eigenvalue weighted by Gasteiger charge is 2.22. The zero-order chi connectivity index (χ0) is 27.0. The number of ether oxygens (including phenoxy) is 3. The molecule has 0 unspecified atom stereocenters. The van der Waals surface area contributed by atoms with Gasteiger partial charge in [-0.2, -0.15) is 0 Å². The van der Waals surface area contributed by atoms with Crippen LogP contribution < -0.4 is 14.8 Å². The molecule has 2 heterocycles. The van der Waals surface area contributed by atoms with Gasteiger partial charge in [0, 0.05) is 24.4 Å². The van der Waals surface area contributed by atoms with Gasteiger partial charge in [-0.15, -0.1) is 0 Å². The van der Waals surface area contributed by atoms with Crippen molar-refractivity contribution in [1.82, 2.24) is 9.97 Å². The van der Waals surface area contributed by atoms with E-state index in [1.54, 1.807) is 51.1 Å². The van der Waals surface area contributed by atoms with Crippen LogP contribution in [0.15, 0.2) is 48.8 Å². The number of carbonyl (C=O) groups excluding carboxylic acids is 2. The molecule has 1 aromatic carbocycles. The second-order valence-electron chi connectivity index (χ2n) is 9.16. The summed E-state index contributed by atoms with van der Waals surface area (Å²) >= 11 is 5.74. The molecule has 10 heteroatoms. The van der Waals surface area contributed by atoms with Crippen molar-refractivity contribution in [1.29, 1.82) is 0 Å². The zero-order valence-electron chi connectivity index (χ0n) is 21.1. The standard InChI is InChI=1S/C27H29ClFN3O5/c1-5-6-7-8-22(33)36-25-23(32-26(34)37-27(2,3)4)20(13-14-30-25)17-9-11-19(12-10-17)35-24-21(29)15-18(28)16-31-24/h9-16H,5-8H2,1-4H3,(H,32,34). The summed E-state index contributed by atoms with van der Waals surface area (Å²) in [6, 6.07) is 9.39. The summed E-state index contributed by atoms with van der Waals surface area (Å²) in [6.07, 6.45) is 4.81. The third-order valence-corrected chi connectivity index (χ3v) is 5.10. The summed E-state index contributed by atoms with van der Waals surface area (Å²) in [7, 11) is 0. The fourth-order valence-electron chi connectivity index (χ4n) is 3.26. The number of anilines is 1. The number of hydrogen-bond donors (Lipinski definition) is 1. The predicted molar refractivity (Wildman–Crippen MR) is 139 cm³/mol. The summed E-state index contributed by atoms with van der Waals surface area (Å²) in [4.78, 5) is 33.0. The van der Waals surface area contributed by atoms with Crippen molar-refractivity contribution in [3.05, 3.63) is 59.6 Å². The fourth-order valence-corrected chi connectivity index (χ4v) is 3.40. The Morgan fingerprint density at radius 2 is 1.78 bits per heavy atom. The lowest BCUT2D eigenvalue weighted by Crippen LogP contribution is -2.27. The number of hydrogen-bond acceptors (Lipinski definition) is 7. The Balaban J connectivity index is 1.90. The largest absolute Gasteiger partial charge is 0.444 e. The molecule has 3 aromatic rings. The Morgan fingerprint density at radius 1 is 1.05 bits per heavy atom. The van der Waals surface area contributed by atoms with Crippen molar-refractivity contribution in [2.75, 3.05) is 5.32 Å². The molecule has 0 aliphatic carbocycles. The minimum absolute atomic E-state index is 0.0439. The van der Waals surface area contributed by atoms with E-state index in [9.17, 15) is 14.0 Å². The van der Waals surface area contributed by atoms with Gasteiger partial charge in [-0.3, -0.25) is 10.1 Å². The molecule has 0 aliphatic heterocycles. The van der Waals surface area contributed by atoms with Gasteiger partial charge in [0.25, 0.3) is 5.88 Å². The second kappa shape index (κ2) is 12.5. The monoisotopic (exact) mass is 529 g/mol. The summed E-state index contributed by atoms with van der Waals surface area (Å²) in [6.45, 7) is 7.26. The lowest BCUT2D eigenvalue weighted by Gasteiger charge is -2.21. The average molecular weight is 530 g/mol. The highest BCUT2D eigenvalue weighted by Crippen LogP contribution is 2.36. The quantitative estimate of drug-likeness (QED) is 0.225. The van der Waals surface area contributed by atoms with Crippen LogP contribution in [0.3, 0.4) is 0 Å². The third kappa shape index (κ3) is 8.42. The highest BCUT2D eigenvalue weighted by atomic mass is 35.5. The lowest BCUT2D eigenvalue weighted by molar-refractivity contribution is -0.134. The van der Waals surface area contributed by atoms with Gasteiger partial charge in [0.15, 0.2) is 5.82 Å². The minimum atomic E-state index is -0.743. The van der Waals surface area contributed by atoms with Gasteiger partial charge < -0.3 is 14.2 Å². The van der Waals surface area contributed by atoms with E-state index in [1.807, 2.05) is 6.92 Å². The van der Waals surface area contributed by atoms with Gasteiger partial charge in [0.1, 0.15) is 17.0 Å². The summed E-state index contributed by atoms with van der Waals surface area (Å²) < 4.78 is 30.4. The van der Waals surface area contributed by atoms with Crippen molar-refractivity contribution in [3.8, 4) is 28.6 Å². The topological polar surface area (TPSA) is 99.6 Å². The van der Waals surface area contributed by atoms with E-state index in [4.69, 9.17) is 25.8 Å². The molecule has 196 valence electrons. The van der Waals surface area contributed by atoms with Crippen molar-refractivity contribution < 1.29 is 28.2 Å². The van der Waals surface area contributed by atoms with Crippen LogP contribution >= 0.6 is 11.6 Å². The first-order valence-corrected chi connectivity index (χ1v) is 12.2. The Hall–Kier alpha value is -3.72. The van der Waals surface area contributed by atoms with Crippen LogP contribution in [0.4, 0.5) is 14.9 Å². The summed E-state index contributed by atoms with van der Waals surface area (Å²) in [5.74, 6) is -1.08. The Kier molecular flexibility index (Phi) is 9.41. The second-order valence-corrected chi connectivity index (χ2v) is 9.60. The maximum atomic E-state index is 14.0. The summed E-state index contributed by atoms with van der Waals surface area (Å²) in [5.41, 5.74) is 0.612. The van der Waals surface area contributed by atoms with Crippen LogP contribution in [0.1, 0.15) is 53.4 Å². The SMILES string of the molecule is CCCCCC(=O)Oc1nccc(-c2ccc(Oc3ncc(Cl)cc3F)cc2)c1NC(=O)OC(C)(C)C. The molecule has 0 saturated heterocycles. The molecule has 8 nitrogen and oxygen atoms in total. The summed E-state index contributed by atoms with van der Waals surface area (Å²) in [5, 5.41) is 2.83. The van der Waals surface area contributed by atoms with E-state index in [1.165, 1.54) is 12.4 Å². The number of unbranched alkanes of at least 4 members (excludes halogenated alkanes) is 2. The molecule has 0 spiro atoms. The molecule has 0 atom stereocenters. The van der Waals surface area contributed by atoms with Crippen molar-refractivity contribution >= 4 is 29.4 Å². The lowest BCUT2D eigenvalue weighted by atomic mass is 10.0. The molecular formula is C27H29ClFN3O5.